The third-order valence-corrected chi connectivity index (χ3v) is 3.21. The van der Waals surface area contributed by atoms with Gasteiger partial charge in [-0.05, 0) is 18.4 Å². The monoisotopic (exact) mass is 294 g/mol. The predicted molar refractivity (Wildman–Crippen MR) is 79.8 cm³/mol. The molecule has 1 saturated heterocycles. The Kier molecular flexibility index (Phi) is 8.70. The lowest BCUT2D eigenvalue weighted by atomic mass is 9.97. The summed E-state index contributed by atoms with van der Waals surface area (Å²) >= 11 is 0. The molecule has 0 bridgehead atoms. The third-order valence-electron chi connectivity index (χ3n) is 3.21. The van der Waals surface area contributed by atoms with Crippen LogP contribution in [0.4, 0.5) is 0 Å². The van der Waals surface area contributed by atoms with Crippen LogP contribution in [0.5, 0.6) is 0 Å². The van der Waals surface area contributed by atoms with Crippen LogP contribution < -0.4 is 5.32 Å². The van der Waals surface area contributed by atoms with E-state index in [1.165, 1.54) is 12.0 Å². The van der Waals surface area contributed by atoms with Crippen molar-refractivity contribution in [1.82, 2.24) is 10.2 Å². The highest BCUT2D eigenvalue weighted by molar-refractivity contribution is 5.85. The summed E-state index contributed by atoms with van der Waals surface area (Å²) in [5.41, 5.74) is 1.33. The molecule has 0 amide bonds. The van der Waals surface area contributed by atoms with Crippen molar-refractivity contribution in [3.8, 4) is 0 Å². The molecule has 0 spiro atoms. The molecule has 1 N–H and O–H groups in total. The van der Waals surface area contributed by atoms with Crippen molar-refractivity contribution in [3.05, 3.63) is 24.2 Å². The first-order valence-corrected chi connectivity index (χ1v) is 6.24. The number of rotatable bonds is 4. The third kappa shape index (κ3) is 4.81. The first-order valence-electron chi connectivity index (χ1n) is 6.24. The number of halogens is 2. The minimum absolute atomic E-state index is 0. The van der Waals surface area contributed by atoms with E-state index in [0.29, 0.717) is 6.04 Å². The van der Waals surface area contributed by atoms with Crippen molar-refractivity contribution >= 4 is 24.8 Å². The maximum Gasteiger partial charge on any atom is 0.0950 e. The molecule has 0 unspecified atom stereocenters. The van der Waals surface area contributed by atoms with Crippen LogP contribution in [-0.2, 0) is 0 Å². The van der Waals surface area contributed by atoms with Crippen molar-refractivity contribution in [3.63, 3.8) is 0 Å². The van der Waals surface area contributed by atoms with Gasteiger partial charge in [-0.1, -0.05) is 13.8 Å². The Morgan fingerprint density at radius 2 is 1.94 bits per heavy atom. The second-order valence-electron chi connectivity index (χ2n) is 4.99. The summed E-state index contributed by atoms with van der Waals surface area (Å²) in [5.74, 6) is 0.717. The topological polar surface area (TPSA) is 28.4 Å². The van der Waals surface area contributed by atoms with Crippen LogP contribution in [-0.4, -0.2) is 31.1 Å². The van der Waals surface area contributed by atoms with E-state index < -0.39 is 0 Å². The summed E-state index contributed by atoms with van der Waals surface area (Å²) in [7, 11) is 0. The van der Waals surface area contributed by atoms with Crippen molar-refractivity contribution in [2.75, 3.05) is 26.2 Å². The molecule has 5 heteroatoms. The number of nitrogens with zero attached hydrogens (tertiary/aromatic N) is 1. The molecule has 1 aliphatic rings. The van der Waals surface area contributed by atoms with E-state index in [2.05, 4.69) is 30.1 Å². The fourth-order valence-electron chi connectivity index (χ4n) is 2.40. The maximum atomic E-state index is 5.23. The van der Waals surface area contributed by atoms with E-state index in [0.717, 1.165) is 32.1 Å². The highest BCUT2D eigenvalue weighted by Crippen LogP contribution is 2.28. The van der Waals surface area contributed by atoms with Gasteiger partial charge in [0.15, 0.2) is 0 Å². The number of hydrogen-bond acceptors (Lipinski definition) is 3. The second kappa shape index (κ2) is 8.81. The van der Waals surface area contributed by atoms with Gasteiger partial charge in [0.25, 0.3) is 0 Å². The fourth-order valence-corrected chi connectivity index (χ4v) is 2.40. The van der Waals surface area contributed by atoms with E-state index in [-0.39, 0.29) is 24.8 Å². The van der Waals surface area contributed by atoms with E-state index in [9.17, 15) is 0 Å². The van der Waals surface area contributed by atoms with Gasteiger partial charge in [0.2, 0.25) is 0 Å². The molecule has 0 aromatic carbocycles. The standard InChI is InChI=1S/C13H22N2O.2ClH/c1-11(2)9-13(12-3-8-16-10-12)15-6-4-14-5-7-15;;/h3,8,10-11,13-14H,4-7,9H2,1-2H3;2*1H/t13-;;/m0../s1. The number of hydrogen-bond donors (Lipinski definition) is 1. The quantitative estimate of drug-likeness (QED) is 0.925. The molecular weight excluding hydrogens is 271 g/mol. The molecule has 106 valence electrons. The summed E-state index contributed by atoms with van der Waals surface area (Å²) in [6.07, 6.45) is 4.89. The molecule has 0 aliphatic carbocycles. The zero-order valence-electron chi connectivity index (χ0n) is 11.1. The normalized spacial score (nSPS) is 17.9. The minimum atomic E-state index is 0. The largest absolute Gasteiger partial charge is 0.472 e. The molecule has 3 nitrogen and oxygen atoms in total. The van der Waals surface area contributed by atoms with Crippen LogP contribution in [0.2, 0.25) is 0 Å². The minimum Gasteiger partial charge on any atom is -0.472 e. The predicted octanol–water partition coefficient (Wildman–Crippen LogP) is 3.12. The number of nitrogens with one attached hydrogen (secondary N) is 1. The second-order valence-corrected chi connectivity index (χ2v) is 4.99. The van der Waals surface area contributed by atoms with Gasteiger partial charge < -0.3 is 9.73 Å². The molecule has 0 saturated carbocycles. The maximum absolute atomic E-state index is 5.23. The molecule has 0 radical (unpaired) electrons. The Balaban J connectivity index is 0.00000144. The van der Waals surface area contributed by atoms with Gasteiger partial charge >= 0.3 is 0 Å². The number of furan rings is 1. The highest BCUT2D eigenvalue weighted by atomic mass is 35.5. The molecule has 2 rings (SSSR count). The van der Waals surface area contributed by atoms with Gasteiger partial charge in [-0.25, -0.2) is 0 Å². The lowest BCUT2D eigenvalue weighted by Crippen LogP contribution is -2.45. The van der Waals surface area contributed by atoms with Gasteiger partial charge in [0.1, 0.15) is 0 Å². The zero-order chi connectivity index (χ0) is 11.4. The zero-order valence-corrected chi connectivity index (χ0v) is 12.7. The summed E-state index contributed by atoms with van der Waals surface area (Å²) in [5, 5.41) is 3.40. The Bertz CT molecular complexity index is 298. The Hall–Kier alpha value is -0.220. The van der Waals surface area contributed by atoms with E-state index in [1.54, 1.807) is 6.26 Å². The molecule has 1 aromatic rings. The SMILES string of the molecule is CC(C)C[C@@H](c1ccoc1)N1CCNCC1.Cl.Cl. The highest BCUT2D eigenvalue weighted by Gasteiger charge is 2.23. The molecule has 1 atom stereocenters. The smallest absolute Gasteiger partial charge is 0.0950 e. The van der Waals surface area contributed by atoms with Gasteiger partial charge in [-0.15, -0.1) is 24.8 Å². The van der Waals surface area contributed by atoms with Gasteiger partial charge in [-0.2, -0.15) is 0 Å². The van der Waals surface area contributed by atoms with Crippen LogP contribution in [0.3, 0.4) is 0 Å². The van der Waals surface area contributed by atoms with Crippen LogP contribution in [0.15, 0.2) is 23.0 Å². The van der Waals surface area contributed by atoms with Crippen molar-refractivity contribution < 1.29 is 4.42 Å². The lowest BCUT2D eigenvalue weighted by Gasteiger charge is -2.35. The molecule has 18 heavy (non-hydrogen) atoms. The first kappa shape index (κ1) is 17.8. The summed E-state index contributed by atoms with van der Waals surface area (Å²) in [4.78, 5) is 2.57. The van der Waals surface area contributed by atoms with E-state index in [4.69, 9.17) is 4.42 Å². The molecular formula is C13H24Cl2N2O. The van der Waals surface area contributed by atoms with Gasteiger partial charge in [-0.3, -0.25) is 4.90 Å². The van der Waals surface area contributed by atoms with E-state index in [1.807, 2.05) is 6.26 Å². The molecule has 1 aromatic heterocycles. The van der Waals surface area contributed by atoms with Crippen LogP contribution in [0, 0.1) is 5.92 Å². The van der Waals surface area contributed by atoms with Crippen molar-refractivity contribution in [2.45, 2.75) is 26.3 Å². The van der Waals surface area contributed by atoms with Crippen molar-refractivity contribution in [1.29, 1.82) is 0 Å². The Morgan fingerprint density at radius 3 is 2.44 bits per heavy atom. The first-order chi connectivity index (χ1) is 7.77. The van der Waals surface area contributed by atoms with Crippen LogP contribution in [0.1, 0.15) is 31.9 Å². The molecule has 2 heterocycles. The average molecular weight is 295 g/mol. The Labute approximate surface area is 122 Å². The van der Waals surface area contributed by atoms with Gasteiger partial charge in [0.05, 0.1) is 12.5 Å². The summed E-state index contributed by atoms with van der Waals surface area (Å²) in [6.45, 7) is 9.06. The Morgan fingerprint density at radius 1 is 1.28 bits per heavy atom. The van der Waals surface area contributed by atoms with Crippen LogP contribution >= 0.6 is 24.8 Å². The van der Waals surface area contributed by atoms with Gasteiger partial charge in [0, 0.05) is 37.8 Å². The number of piperazine rings is 1. The van der Waals surface area contributed by atoms with Crippen molar-refractivity contribution in [2.24, 2.45) is 5.92 Å². The fraction of sp³-hybridized carbons (Fsp3) is 0.692. The van der Waals surface area contributed by atoms with Crippen LogP contribution in [0.25, 0.3) is 0 Å². The average Bonchev–Trinajstić information content (AvgIpc) is 2.80. The molecule has 1 aliphatic heterocycles. The summed E-state index contributed by atoms with van der Waals surface area (Å²) < 4.78 is 5.23. The lowest BCUT2D eigenvalue weighted by molar-refractivity contribution is 0.153. The molecule has 1 fully saturated rings. The summed E-state index contributed by atoms with van der Waals surface area (Å²) in [6, 6.07) is 2.63. The van der Waals surface area contributed by atoms with E-state index >= 15 is 0 Å².